The van der Waals surface area contributed by atoms with Gasteiger partial charge < -0.3 is 15.5 Å². The van der Waals surface area contributed by atoms with E-state index in [-0.39, 0.29) is 23.7 Å². The second-order valence-corrected chi connectivity index (χ2v) is 7.75. The zero-order valence-corrected chi connectivity index (χ0v) is 14.5. The van der Waals surface area contributed by atoms with Crippen molar-refractivity contribution in [2.45, 2.75) is 76.9 Å². The van der Waals surface area contributed by atoms with E-state index < -0.39 is 0 Å². The van der Waals surface area contributed by atoms with E-state index >= 15 is 0 Å². The van der Waals surface area contributed by atoms with Crippen molar-refractivity contribution in [3.05, 3.63) is 0 Å². The Morgan fingerprint density at radius 1 is 1.22 bits per heavy atom. The van der Waals surface area contributed by atoms with Crippen LogP contribution in [-0.4, -0.2) is 47.9 Å². The molecule has 2 N–H and O–H groups in total. The lowest BCUT2D eigenvalue weighted by Crippen LogP contribution is -2.52. The predicted molar refractivity (Wildman–Crippen MR) is 89.9 cm³/mol. The molecule has 4 unspecified atom stereocenters. The minimum absolute atomic E-state index is 0.0238. The summed E-state index contributed by atoms with van der Waals surface area (Å²) >= 11 is 0. The van der Waals surface area contributed by atoms with Gasteiger partial charge in [0.2, 0.25) is 11.8 Å². The number of piperidine rings is 2. The van der Waals surface area contributed by atoms with Gasteiger partial charge in [0.15, 0.2) is 0 Å². The first kappa shape index (κ1) is 16.7. The molecular weight excluding hydrogens is 290 g/mol. The van der Waals surface area contributed by atoms with Gasteiger partial charge in [0, 0.05) is 37.1 Å². The van der Waals surface area contributed by atoms with Crippen LogP contribution in [0.15, 0.2) is 0 Å². The van der Waals surface area contributed by atoms with Gasteiger partial charge in [-0.3, -0.25) is 9.59 Å². The molecule has 3 aliphatic rings. The number of nitrogens with zero attached hydrogens (tertiary/aromatic N) is 1. The lowest BCUT2D eigenvalue weighted by atomic mass is 9.93. The second-order valence-electron chi connectivity index (χ2n) is 7.75. The molecule has 0 saturated carbocycles. The summed E-state index contributed by atoms with van der Waals surface area (Å²) in [6.07, 6.45) is 7.33. The summed E-state index contributed by atoms with van der Waals surface area (Å²) in [6.45, 7) is 5.44. The summed E-state index contributed by atoms with van der Waals surface area (Å²) in [6, 6.07) is 1.50. The Bertz CT molecular complexity index is 442. The summed E-state index contributed by atoms with van der Waals surface area (Å²) in [5.41, 5.74) is 0. The van der Waals surface area contributed by atoms with Gasteiger partial charge in [0.05, 0.1) is 5.92 Å². The number of carbonyl (C=O) groups is 2. The van der Waals surface area contributed by atoms with Gasteiger partial charge in [0.25, 0.3) is 0 Å². The standard InChI is InChI=1S/C18H31N3O2/c1-3-12(2)18(23)21-8-4-5-13(11-21)17(22)20-16-9-14-6-7-15(10-16)19-14/h12-16,19H,3-11H2,1-2H3,(H,20,22). The molecule has 0 aromatic rings. The van der Waals surface area contributed by atoms with Crippen molar-refractivity contribution in [2.24, 2.45) is 11.8 Å². The number of nitrogens with one attached hydrogen (secondary N) is 2. The fourth-order valence-corrected chi connectivity index (χ4v) is 4.37. The average Bonchev–Trinajstić information content (AvgIpc) is 2.92. The zero-order chi connectivity index (χ0) is 16.4. The number of likely N-dealkylation sites (tertiary alicyclic amines) is 1. The van der Waals surface area contributed by atoms with Gasteiger partial charge in [-0.25, -0.2) is 0 Å². The normalized spacial score (nSPS) is 35.0. The van der Waals surface area contributed by atoms with Crippen LogP contribution in [-0.2, 0) is 9.59 Å². The molecule has 130 valence electrons. The van der Waals surface area contributed by atoms with Crippen LogP contribution >= 0.6 is 0 Å². The molecule has 23 heavy (non-hydrogen) atoms. The van der Waals surface area contributed by atoms with E-state index in [0.29, 0.717) is 24.7 Å². The largest absolute Gasteiger partial charge is 0.353 e. The van der Waals surface area contributed by atoms with Crippen LogP contribution in [0.3, 0.4) is 0 Å². The third-order valence-corrected chi connectivity index (χ3v) is 5.96. The molecule has 5 heteroatoms. The summed E-state index contributed by atoms with van der Waals surface area (Å²) in [7, 11) is 0. The quantitative estimate of drug-likeness (QED) is 0.828. The van der Waals surface area contributed by atoms with Crippen molar-refractivity contribution in [1.82, 2.24) is 15.5 Å². The van der Waals surface area contributed by atoms with Gasteiger partial charge in [-0.15, -0.1) is 0 Å². The lowest BCUT2D eigenvalue weighted by Gasteiger charge is -2.35. The molecule has 2 bridgehead atoms. The Hall–Kier alpha value is -1.10. The summed E-state index contributed by atoms with van der Waals surface area (Å²) in [5.74, 6) is 0.420. The Kier molecular flexibility index (Phi) is 5.24. The maximum absolute atomic E-state index is 12.6. The van der Waals surface area contributed by atoms with Crippen LogP contribution in [0, 0.1) is 11.8 Å². The highest BCUT2D eigenvalue weighted by Gasteiger charge is 2.36. The second kappa shape index (κ2) is 7.20. The first-order valence-corrected chi connectivity index (χ1v) is 9.42. The molecule has 2 amide bonds. The Labute approximate surface area is 139 Å². The Morgan fingerprint density at radius 2 is 1.91 bits per heavy atom. The van der Waals surface area contributed by atoms with E-state index in [0.717, 1.165) is 38.6 Å². The molecule has 3 saturated heterocycles. The predicted octanol–water partition coefficient (Wildman–Crippen LogP) is 1.67. The summed E-state index contributed by atoms with van der Waals surface area (Å²) in [5, 5.41) is 6.88. The molecule has 0 aromatic heterocycles. The Balaban J connectivity index is 1.52. The van der Waals surface area contributed by atoms with E-state index in [1.54, 1.807) is 0 Å². The Morgan fingerprint density at radius 3 is 2.57 bits per heavy atom. The smallest absolute Gasteiger partial charge is 0.225 e. The van der Waals surface area contributed by atoms with Crippen LogP contribution in [0.1, 0.15) is 58.8 Å². The topological polar surface area (TPSA) is 61.4 Å². The number of fused-ring (bicyclic) bond motifs is 2. The van der Waals surface area contributed by atoms with Crippen LogP contribution in [0.5, 0.6) is 0 Å². The monoisotopic (exact) mass is 321 g/mol. The number of amides is 2. The third-order valence-electron chi connectivity index (χ3n) is 5.96. The molecule has 3 heterocycles. The van der Waals surface area contributed by atoms with Crippen molar-refractivity contribution in [1.29, 1.82) is 0 Å². The van der Waals surface area contributed by atoms with Crippen molar-refractivity contribution >= 4 is 11.8 Å². The van der Waals surface area contributed by atoms with Gasteiger partial charge in [-0.2, -0.15) is 0 Å². The van der Waals surface area contributed by atoms with Crippen LogP contribution in [0.2, 0.25) is 0 Å². The minimum Gasteiger partial charge on any atom is -0.353 e. The highest BCUT2D eigenvalue weighted by Crippen LogP contribution is 2.27. The lowest BCUT2D eigenvalue weighted by molar-refractivity contribution is -0.139. The summed E-state index contributed by atoms with van der Waals surface area (Å²) < 4.78 is 0. The van der Waals surface area contributed by atoms with Gasteiger partial charge in [-0.05, 0) is 44.9 Å². The molecule has 0 spiro atoms. The van der Waals surface area contributed by atoms with Crippen LogP contribution in [0.25, 0.3) is 0 Å². The fraction of sp³-hybridized carbons (Fsp3) is 0.889. The first-order chi connectivity index (χ1) is 11.1. The minimum atomic E-state index is -0.0238. The van der Waals surface area contributed by atoms with Crippen molar-refractivity contribution < 1.29 is 9.59 Å². The van der Waals surface area contributed by atoms with Crippen LogP contribution < -0.4 is 10.6 Å². The number of hydrogen-bond acceptors (Lipinski definition) is 3. The maximum atomic E-state index is 12.6. The molecule has 5 nitrogen and oxygen atoms in total. The van der Waals surface area contributed by atoms with Gasteiger partial charge in [-0.1, -0.05) is 13.8 Å². The van der Waals surface area contributed by atoms with Crippen molar-refractivity contribution in [2.75, 3.05) is 13.1 Å². The molecule has 3 aliphatic heterocycles. The third kappa shape index (κ3) is 3.87. The zero-order valence-electron chi connectivity index (χ0n) is 14.5. The van der Waals surface area contributed by atoms with Gasteiger partial charge in [0.1, 0.15) is 0 Å². The molecule has 4 atom stereocenters. The average molecular weight is 321 g/mol. The number of carbonyl (C=O) groups excluding carboxylic acids is 2. The van der Waals surface area contributed by atoms with E-state index in [4.69, 9.17) is 0 Å². The number of hydrogen-bond donors (Lipinski definition) is 2. The van der Waals surface area contributed by atoms with Gasteiger partial charge >= 0.3 is 0 Å². The summed E-state index contributed by atoms with van der Waals surface area (Å²) in [4.78, 5) is 26.9. The SMILES string of the molecule is CCC(C)C(=O)N1CCCC(C(=O)NC2CC3CCC(C2)N3)C1. The highest BCUT2D eigenvalue weighted by atomic mass is 16.2. The molecule has 0 aromatic carbocycles. The molecule has 0 aliphatic carbocycles. The molecule has 3 rings (SSSR count). The number of rotatable bonds is 4. The van der Waals surface area contributed by atoms with E-state index in [2.05, 4.69) is 10.6 Å². The highest BCUT2D eigenvalue weighted by molar-refractivity contribution is 5.82. The fourth-order valence-electron chi connectivity index (χ4n) is 4.37. The van der Waals surface area contributed by atoms with E-state index in [9.17, 15) is 9.59 Å². The van der Waals surface area contributed by atoms with Crippen molar-refractivity contribution in [3.63, 3.8) is 0 Å². The van der Waals surface area contributed by atoms with Crippen molar-refractivity contribution in [3.8, 4) is 0 Å². The molecular formula is C18H31N3O2. The molecule has 3 fully saturated rings. The first-order valence-electron chi connectivity index (χ1n) is 9.42. The van der Waals surface area contributed by atoms with Crippen LogP contribution in [0.4, 0.5) is 0 Å². The maximum Gasteiger partial charge on any atom is 0.225 e. The molecule has 0 radical (unpaired) electrons. The van der Waals surface area contributed by atoms with E-state index in [1.807, 2.05) is 18.7 Å². The van der Waals surface area contributed by atoms with E-state index in [1.165, 1.54) is 12.8 Å².